The van der Waals surface area contributed by atoms with Crippen molar-refractivity contribution in [3.8, 4) is 5.69 Å². The van der Waals surface area contributed by atoms with Crippen molar-refractivity contribution in [2.75, 3.05) is 11.1 Å². The third-order valence-corrected chi connectivity index (χ3v) is 5.90. The van der Waals surface area contributed by atoms with Gasteiger partial charge in [-0.3, -0.25) is 14.2 Å². The van der Waals surface area contributed by atoms with Crippen LogP contribution in [0.2, 0.25) is 0 Å². The highest BCUT2D eigenvalue weighted by Gasteiger charge is 2.14. The number of rotatable bonds is 5. The highest BCUT2D eigenvalue weighted by atomic mass is 79.9. The standard InChI is InChI=1S/C20H17Br2N3O2S/c1-12-8-14(21)10-16(22)19(12)24-17(26)11-28-20-23-13(2)9-18(27)25(20)15-6-4-3-5-7-15/h3-10H,11H2,1-2H3,(H,24,26). The summed E-state index contributed by atoms with van der Waals surface area (Å²) < 4.78 is 3.25. The first-order valence-corrected chi connectivity index (χ1v) is 11.0. The second-order valence-corrected chi connectivity index (χ2v) is 8.82. The molecule has 0 saturated heterocycles. The average molecular weight is 523 g/mol. The van der Waals surface area contributed by atoms with Crippen molar-refractivity contribution in [3.63, 3.8) is 0 Å². The molecule has 0 radical (unpaired) electrons. The van der Waals surface area contributed by atoms with Gasteiger partial charge in [-0.05, 0) is 59.6 Å². The summed E-state index contributed by atoms with van der Waals surface area (Å²) >= 11 is 8.13. The fourth-order valence-corrected chi connectivity index (χ4v) is 5.05. The summed E-state index contributed by atoms with van der Waals surface area (Å²) in [6, 6.07) is 14.6. The minimum atomic E-state index is -0.175. The van der Waals surface area contributed by atoms with E-state index in [0.29, 0.717) is 10.9 Å². The van der Waals surface area contributed by atoms with Crippen molar-refractivity contribution in [2.45, 2.75) is 19.0 Å². The van der Waals surface area contributed by atoms with Crippen LogP contribution in [-0.2, 0) is 4.79 Å². The Morgan fingerprint density at radius 1 is 1.14 bits per heavy atom. The van der Waals surface area contributed by atoms with Crippen molar-refractivity contribution in [1.29, 1.82) is 0 Å². The van der Waals surface area contributed by atoms with Crippen molar-refractivity contribution < 1.29 is 4.79 Å². The maximum absolute atomic E-state index is 12.5. The molecule has 8 heteroatoms. The second-order valence-electron chi connectivity index (χ2n) is 6.11. The Bertz CT molecular complexity index is 1060. The van der Waals surface area contributed by atoms with Gasteiger partial charge in [-0.1, -0.05) is 45.9 Å². The lowest BCUT2D eigenvalue weighted by atomic mass is 10.2. The Morgan fingerprint density at radius 2 is 1.86 bits per heavy atom. The summed E-state index contributed by atoms with van der Waals surface area (Å²) in [7, 11) is 0. The lowest BCUT2D eigenvalue weighted by molar-refractivity contribution is -0.113. The number of aromatic nitrogens is 2. The normalized spacial score (nSPS) is 10.7. The topological polar surface area (TPSA) is 64.0 Å². The van der Waals surface area contributed by atoms with E-state index in [1.807, 2.05) is 49.4 Å². The highest BCUT2D eigenvalue weighted by Crippen LogP contribution is 2.30. The van der Waals surface area contributed by atoms with Crippen LogP contribution in [0.25, 0.3) is 5.69 Å². The van der Waals surface area contributed by atoms with E-state index in [1.54, 1.807) is 6.92 Å². The number of anilines is 1. The number of hydrogen-bond acceptors (Lipinski definition) is 4. The Morgan fingerprint density at radius 3 is 2.54 bits per heavy atom. The summed E-state index contributed by atoms with van der Waals surface area (Å²) in [4.78, 5) is 29.5. The first-order valence-electron chi connectivity index (χ1n) is 8.39. The lowest BCUT2D eigenvalue weighted by Crippen LogP contribution is -2.22. The molecule has 0 fully saturated rings. The van der Waals surface area contributed by atoms with Gasteiger partial charge >= 0.3 is 0 Å². The lowest BCUT2D eigenvalue weighted by Gasteiger charge is -2.13. The zero-order valence-corrected chi connectivity index (χ0v) is 19.2. The first kappa shape index (κ1) is 20.8. The molecule has 0 atom stereocenters. The van der Waals surface area contributed by atoms with Gasteiger partial charge in [-0.15, -0.1) is 0 Å². The maximum atomic E-state index is 12.5. The molecule has 0 unspecified atom stereocenters. The molecule has 0 bridgehead atoms. The number of nitrogens with zero attached hydrogens (tertiary/aromatic N) is 2. The zero-order valence-electron chi connectivity index (χ0n) is 15.2. The van der Waals surface area contributed by atoms with Crippen LogP contribution >= 0.6 is 43.6 Å². The quantitative estimate of drug-likeness (QED) is 0.374. The van der Waals surface area contributed by atoms with Crippen LogP contribution in [0.1, 0.15) is 11.3 Å². The van der Waals surface area contributed by atoms with Gasteiger partial charge in [0.25, 0.3) is 5.56 Å². The van der Waals surface area contributed by atoms with Crippen LogP contribution in [0.4, 0.5) is 5.69 Å². The third-order valence-electron chi connectivity index (χ3n) is 3.88. The molecular weight excluding hydrogens is 506 g/mol. The Balaban J connectivity index is 1.82. The molecule has 0 aliphatic heterocycles. The van der Waals surface area contributed by atoms with Gasteiger partial charge in [0.1, 0.15) is 0 Å². The molecule has 5 nitrogen and oxygen atoms in total. The van der Waals surface area contributed by atoms with Crippen LogP contribution in [0.3, 0.4) is 0 Å². The summed E-state index contributed by atoms with van der Waals surface area (Å²) in [5.41, 5.74) is 2.83. The Labute approximate surface area is 183 Å². The number of carbonyl (C=O) groups excluding carboxylic acids is 1. The van der Waals surface area contributed by atoms with Gasteiger partial charge in [0.2, 0.25) is 5.91 Å². The van der Waals surface area contributed by atoms with E-state index in [0.717, 1.165) is 25.9 Å². The molecule has 28 heavy (non-hydrogen) atoms. The average Bonchev–Trinajstić information content (AvgIpc) is 2.63. The molecule has 3 rings (SSSR count). The number of aryl methyl sites for hydroxylation is 2. The molecule has 0 spiro atoms. The number of carbonyl (C=O) groups is 1. The molecule has 0 aliphatic rings. The van der Waals surface area contributed by atoms with Gasteiger partial charge in [-0.2, -0.15) is 0 Å². The third kappa shape index (κ3) is 4.92. The maximum Gasteiger partial charge on any atom is 0.258 e. The number of para-hydroxylation sites is 1. The zero-order chi connectivity index (χ0) is 20.3. The Hall–Kier alpha value is -1.90. The molecule has 1 N–H and O–H groups in total. The van der Waals surface area contributed by atoms with Crippen LogP contribution in [0.5, 0.6) is 0 Å². The summed E-state index contributed by atoms with van der Waals surface area (Å²) in [5, 5.41) is 3.41. The minimum absolute atomic E-state index is 0.130. The number of hydrogen-bond donors (Lipinski definition) is 1. The predicted octanol–water partition coefficient (Wildman–Crippen LogP) is 5.11. The fraction of sp³-hybridized carbons (Fsp3) is 0.150. The molecule has 1 aromatic heterocycles. The summed E-state index contributed by atoms with van der Waals surface area (Å²) in [5.74, 6) is -0.0449. The van der Waals surface area contributed by atoms with Gasteiger partial charge in [-0.25, -0.2) is 4.98 Å². The molecule has 3 aromatic rings. The van der Waals surface area contributed by atoms with E-state index < -0.39 is 0 Å². The largest absolute Gasteiger partial charge is 0.324 e. The van der Waals surface area contributed by atoms with E-state index in [2.05, 4.69) is 42.2 Å². The molecule has 0 aliphatic carbocycles. The van der Waals surface area contributed by atoms with Crippen LogP contribution in [0, 0.1) is 13.8 Å². The van der Waals surface area contributed by atoms with Crippen molar-refractivity contribution in [3.05, 3.63) is 79.1 Å². The number of halogens is 2. The van der Waals surface area contributed by atoms with Gasteiger partial charge < -0.3 is 5.32 Å². The molecule has 0 saturated carbocycles. The van der Waals surface area contributed by atoms with Crippen LogP contribution < -0.4 is 10.9 Å². The van der Waals surface area contributed by atoms with Gasteiger partial charge in [0.05, 0.1) is 17.1 Å². The number of benzene rings is 2. The van der Waals surface area contributed by atoms with E-state index in [-0.39, 0.29) is 17.2 Å². The van der Waals surface area contributed by atoms with Crippen molar-refractivity contribution in [1.82, 2.24) is 9.55 Å². The number of thioether (sulfide) groups is 1. The molecule has 1 heterocycles. The summed E-state index contributed by atoms with van der Waals surface area (Å²) in [6.45, 7) is 3.69. The van der Waals surface area contributed by atoms with E-state index in [9.17, 15) is 9.59 Å². The van der Waals surface area contributed by atoms with Crippen LogP contribution in [0.15, 0.2) is 67.4 Å². The molecule has 1 amide bonds. The van der Waals surface area contributed by atoms with Crippen molar-refractivity contribution in [2.24, 2.45) is 0 Å². The number of nitrogens with one attached hydrogen (secondary N) is 1. The molecule has 2 aromatic carbocycles. The predicted molar refractivity (Wildman–Crippen MR) is 121 cm³/mol. The second kappa shape index (κ2) is 9.07. The van der Waals surface area contributed by atoms with Gasteiger partial charge in [0.15, 0.2) is 5.16 Å². The summed E-state index contributed by atoms with van der Waals surface area (Å²) in [6.07, 6.45) is 0. The molecule has 144 valence electrons. The van der Waals surface area contributed by atoms with E-state index in [1.165, 1.54) is 22.4 Å². The number of amides is 1. The smallest absolute Gasteiger partial charge is 0.258 e. The van der Waals surface area contributed by atoms with E-state index >= 15 is 0 Å². The van der Waals surface area contributed by atoms with Gasteiger partial charge in [0, 0.05) is 20.7 Å². The van der Waals surface area contributed by atoms with E-state index in [4.69, 9.17) is 0 Å². The van der Waals surface area contributed by atoms with Crippen LogP contribution in [-0.4, -0.2) is 21.2 Å². The minimum Gasteiger partial charge on any atom is -0.324 e. The Kier molecular flexibility index (Phi) is 6.74. The fourth-order valence-electron chi connectivity index (χ4n) is 2.65. The highest BCUT2D eigenvalue weighted by molar-refractivity contribution is 9.11. The monoisotopic (exact) mass is 521 g/mol. The molecular formula is C20H17Br2N3O2S. The SMILES string of the molecule is Cc1cc(=O)n(-c2ccccc2)c(SCC(=O)Nc2c(C)cc(Br)cc2Br)n1. The van der Waals surface area contributed by atoms with Crippen molar-refractivity contribution >= 4 is 55.2 Å². The first-order chi connectivity index (χ1) is 13.3.